The van der Waals surface area contributed by atoms with Crippen LogP contribution in [0.3, 0.4) is 0 Å². The number of hydrogen-bond acceptors (Lipinski definition) is 3. The molecule has 1 heterocycles. The summed E-state index contributed by atoms with van der Waals surface area (Å²) in [7, 11) is 1.64. The average Bonchev–Trinajstić information content (AvgIpc) is 2.45. The number of rotatable bonds is 4. The van der Waals surface area contributed by atoms with Gasteiger partial charge in [0.05, 0.1) is 13.2 Å². The number of benzene rings is 1. The summed E-state index contributed by atoms with van der Waals surface area (Å²) in [5.41, 5.74) is 3.51. The van der Waals surface area contributed by atoms with Crippen LogP contribution in [0.25, 0.3) is 0 Å². The van der Waals surface area contributed by atoms with Gasteiger partial charge in [-0.2, -0.15) is 0 Å². The molecule has 5 heteroatoms. The van der Waals surface area contributed by atoms with Crippen molar-refractivity contribution >= 4 is 27.5 Å². The molecule has 2 rings (SSSR count). The zero-order chi connectivity index (χ0) is 15.6. The van der Waals surface area contributed by atoms with Gasteiger partial charge in [0.2, 0.25) is 0 Å². The molecule has 0 aliphatic carbocycles. The van der Waals surface area contributed by atoms with Crippen LogP contribution in [0.4, 0.5) is 0 Å². The highest BCUT2D eigenvalue weighted by molar-refractivity contribution is 9.10. The maximum Gasteiger partial charge on any atom is 0.128 e. The number of aryl methyl sites for hydroxylation is 1. The smallest absolute Gasteiger partial charge is 0.128 e. The van der Waals surface area contributed by atoms with Crippen LogP contribution < -0.4 is 4.74 Å². The van der Waals surface area contributed by atoms with Gasteiger partial charge >= 0.3 is 0 Å². The summed E-state index contributed by atoms with van der Waals surface area (Å²) in [6.45, 7) is 3.90. The van der Waals surface area contributed by atoms with Gasteiger partial charge < -0.3 is 9.84 Å². The second-order valence-electron chi connectivity index (χ2n) is 4.93. The third-order valence-electron chi connectivity index (χ3n) is 3.45. The molecule has 0 amide bonds. The predicted molar refractivity (Wildman–Crippen MR) is 88.1 cm³/mol. The van der Waals surface area contributed by atoms with Crippen molar-refractivity contribution in [3.8, 4) is 5.75 Å². The van der Waals surface area contributed by atoms with Crippen molar-refractivity contribution < 1.29 is 9.84 Å². The second-order valence-corrected chi connectivity index (χ2v) is 6.22. The molecule has 0 radical (unpaired) electrons. The highest BCUT2D eigenvalue weighted by Crippen LogP contribution is 2.31. The third kappa shape index (κ3) is 3.57. The molecule has 2 aromatic rings. The van der Waals surface area contributed by atoms with E-state index in [4.69, 9.17) is 16.3 Å². The fourth-order valence-corrected chi connectivity index (χ4v) is 3.03. The normalized spacial score (nSPS) is 12.3. The molecule has 0 aliphatic heterocycles. The van der Waals surface area contributed by atoms with Crippen LogP contribution >= 0.6 is 27.5 Å². The first-order chi connectivity index (χ1) is 9.93. The molecule has 0 spiro atoms. The summed E-state index contributed by atoms with van der Waals surface area (Å²) in [5, 5.41) is 11.1. The largest absolute Gasteiger partial charge is 0.496 e. The van der Waals surface area contributed by atoms with E-state index in [9.17, 15) is 5.11 Å². The van der Waals surface area contributed by atoms with Gasteiger partial charge in [-0.05, 0) is 37.6 Å². The van der Waals surface area contributed by atoms with Crippen LogP contribution in [0.5, 0.6) is 5.75 Å². The van der Waals surface area contributed by atoms with E-state index < -0.39 is 6.10 Å². The molecule has 1 atom stereocenters. The van der Waals surface area contributed by atoms with Crippen LogP contribution in [-0.4, -0.2) is 17.2 Å². The van der Waals surface area contributed by atoms with Gasteiger partial charge in [-0.1, -0.05) is 27.5 Å². The van der Waals surface area contributed by atoms with Gasteiger partial charge in [0.1, 0.15) is 5.75 Å². The van der Waals surface area contributed by atoms with Gasteiger partial charge in [0, 0.05) is 38.9 Å². The van der Waals surface area contributed by atoms with Crippen LogP contribution in [0.1, 0.15) is 28.5 Å². The Morgan fingerprint density at radius 2 is 2.10 bits per heavy atom. The molecule has 0 saturated carbocycles. The van der Waals surface area contributed by atoms with E-state index >= 15 is 0 Å². The zero-order valence-electron chi connectivity index (χ0n) is 12.2. The molecule has 1 unspecified atom stereocenters. The van der Waals surface area contributed by atoms with Crippen molar-refractivity contribution in [2.75, 3.05) is 7.11 Å². The topological polar surface area (TPSA) is 42.4 Å². The number of aliphatic hydroxyl groups excluding tert-OH is 1. The van der Waals surface area contributed by atoms with Crippen LogP contribution in [-0.2, 0) is 6.42 Å². The van der Waals surface area contributed by atoms with E-state index in [0.717, 1.165) is 32.6 Å². The van der Waals surface area contributed by atoms with Crippen molar-refractivity contribution in [3.05, 3.63) is 56.3 Å². The molecule has 0 bridgehead atoms. The number of hydrogen-bond donors (Lipinski definition) is 1. The zero-order valence-corrected chi connectivity index (χ0v) is 14.5. The van der Waals surface area contributed by atoms with E-state index in [1.54, 1.807) is 25.4 Å². The fraction of sp³-hybridized carbons (Fsp3) is 0.312. The minimum absolute atomic E-state index is 0.404. The molecule has 1 aromatic heterocycles. The molecule has 0 aliphatic rings. The second kappa shape index (κ2) is 6.77. The van der Waals surface area contributed by atoms with Gasteiger partial charge in [0.15, 0.2) is 0 Å². The minimum Gasteiger partial charge on any atom is -0.496 e. The lowest BCUT2D eigenvalue weighted by atomic mass is 10.0. The molecule has 1 aromatic carbocycles. The Balaban J connectivity index is 2.32. The van der Waals surface area contributed by atoms with E-state index in [0.29, 0.717) is 11.4 Å². The highest BCUT2D eigenvalue weighted by atomic mass is 79.9. The molecule has 3 nitrogen and oxygen atoms in total. The molecular formula is C16H17BrClNO2. The number of halogens is 2. The summed E-state index contributed by atoms with van der Waals surface area (Å²) in [6, 6.07) is 5.37. The monoisotopic (exact) mass is 369 g/mol. The lowest BCUT2D eigenvalue weighted by molar-refractivity contribution is 0.176. The van der Waals surface area contributed by atoms with Gasteiger partial charge in [-0.15, -0.1) is 0 Å². The Morgan fingerprint density at radius 1 is 1.38 bits per heavy atom. The molecule has 0 saturated heterocycles. The standard InChI is InChI=1S/C16H17BrClNO2/c1-9-8-19-14(10(2)16(9)21-3)7-15(20)12-6-11(18)4-5-13(12)17/h4-6,8,15,20H,7H2,1-3H3. The fourth-order valence-electron chi connectivity index (χ4n) is 2.34. The van der Waals surface area contributed by atoms with Crippen LogP contribution in [0.2, 0.25) is 5.02 Å². The van der Waals surface area contributed by atoms with E-state index in [1.807, 2.05) is 19.9 Å². The van der Waals surface area contributed by atoms with Gasteiger partial charge in [0.25, 0.3) is 0 Å². The number of aromatic nitrogens is 1. The molecule has 21 heavy (non-hydrogen) atoms. The minimum atomic E-state index is -0.684. The molecular weight excluding hydrogens is 354 g/mol. The lowest BCUT2D eigenvalue weighted by Crippen LogP contribution is -2.07. The Bertz CT molecular complexity index is 661. The average molecular weight is 371 g/mol. The molecule has 1 N–H and O–H groups in total. The summed E-state index contributed by atoms with van der Waals surface area (Å²) >= 11 is 9.43. The van der Waals surface area contributed by atoms with Crippen LogP contribution in [0, 0.1) is 13.8 Å². The maximum absolute atomic E-state index is 10.5. The summed E-state index contributed by atoms with van der Waals surface area (Å²) in [5.74, 6) is 0.817. The first-order valence-electron chi connectivity index (χ1n) is 6.56. The van der Waals surface area contributed by atoms with Crippen molar-refractivity contribution in [1.82, 2.24) is 4.98 Å². The summed E-state index contributed by atoms with van der Waals surface area (Å²) in [4.78, 5) is 4.42. The van der Waals surface area contributed by atoms with E-state index in [2.05, 4.69) is 20.9 Å². The van der Waals surface area contributed by atoms with E-state index in [1.165, 1.54) is 0 Å². The number of methoxy groups -OCH3 is 1. The maximum atomic E-state index is 10.5. The van der Waals surface area contributed by atoms with E-state index in [-0.39, 0.29) is 0 Å². The molecule has 0 fully saturated rings. The van der Waals surface area contributed by atoms with Crippen molar-refractivity contribution in [2.45, 2.75) is 26.4 Å². The first-order valence-corrected chi connectivity index (χ1v) is 7.73. The Hall–Kier alpha value is -1.10. The lowest BCUT2D eigenvalue weighted by Gasteiger charge is -2.16. The summed E-state index contributed by atoms with van der Waals surface area (Å²) < 4.78 is 6.22. The number of nitrogens with zero attached hydrogens (tertiary/aromatic N) is 1. The first kappa shape index (κ1) is 16.3. The Morgan fingerprint density at radius 3 is 2.76 bits per heavy atom. The van der Waals surface area contributed by atoms with Gasteiger partial charge in [-0.25, -0.2) is 0 Å². The van der Waals surface area contributed by atoms with Crippen molar-refractivity contribution in [3.63, 3.8) is 0 Å². The number of aliphatic hydroxyl groups is 1. The van der Waals surface area contributed by atoms with Crippen LogP contribution in [0.15, 0.2) is 28.9 Å². The highest BCUT2D eigenvalue weighted by Gasteiger charge is 2.17. The molecule has 112 valence electrons. The predicted octanol–water partition coefficient (Wildman–Crippen LogP) is 4.40. The summed E-state index contributed by atoms with van der Waals surface area (Å²) in [6.07, 6.45) is 1.49. The number of pyridine rings is 1. The quantitative estimate of drug-likeness (QED) is 0.867. The van der Waals surface area contributed by atoms with Gasteiger partial charge in [-0.3, -0.25) is 4.98 Å². The van der Waals surface area contributed by atoms with Crippen molar-refractivity contribution in [1.29, 1.82) is 0 Å². The Kier molecular flexibility index (Phi) is 5.25. The Labute approximate surface area is 138 Å². The number of ether oxygens (including phenoxy) is 1. The van der Waals surface area contributed by atoms with Crippen molar-refractivity contribution in [2.24, 2.45) is 0 Å². The third-order valence-corrected chi connectivity index (χ3v) is 4.41. The SMILES string of the molecule is COc1c(C)cnc(CC(O)c2cc(Cl)ccc2Br)c1C.